The van der Waals surface area contributed by atoms with Crippen LogP contribution in [0.2, 0.25) is 0 Å². The van der Waals surface area contributed by atoms with Crippen LogP contribution >= 0.6 is 0 Å². The van der Waals surface area contributed by atoms with Crippen molar-refractivity contribution in [2.24, 2.45) is 0 Å². The molecule has 2 aromatic rings. The first-order valence-electron chi connectivity index (χ1n) is 11.1. The fraction of sp³-hybridized carbons (Fsp3) is 0.360. The number of sulfonamides is 1. The molecule has 1 aromatic heterocycles. The number of terminal acetylenes is 1. The number of alkyl halides is 3. The van der Waals surface area contributed by atoms with Gasteiger partial charge < -0.3 is 5.32 Å². The maximum absolute atomic E-state index is 14.5. The number of amides is 1. The third-order valence-corrected chi connectivity index (χ3v) is 5.56. The standard InChI is InChI=1S/C25H27F4N3O3S/c1-5-8-18(19-10-11-22(25(27,28)29)31-21(19)9-6-2)14-23(33)30-15-16-12-17(7-3)24(20(26)13-16)32-36(4,34)35/h3,10-14,32H,5-6,8-9,15H2,1-2,4H3,(H,30,33). The highest BCUT2D eigenvalue weighted by molar-refractivity contribution is 7.92. The second-order valence-electron chi connectivity index (χ2n) is 8.09. The van der Waals surface area contributed by atoms with Gasteiger partial charge in [-0.1, -0.05) is 38.7 Å². The number of nitrogens with one attached hydrogen (secondary N) is 2. The average molecular weight is 526 g/mol. The van der Waals surface area contributed by atoms with Crippen LogP contribution in [0.15, 0.2) is 30.3 Å². The number of rotatable bonds is 10. The Morgan fingerprint density at radius 2 is 1.89 bits per heavy atom. The molecule has 2 N–H and O–H groups in total. The number of benzene rings is 1. The van der Waals surface area contributed by atoms with Crippen molar-refractivity contribution in [3.05, 3.63) is 64.2 Å². The molecule has 0 unspecified atom stereocenters. The molecule has 1 aromatic carbocycles. The van der Waals surface area contributed by atoms with E-state index < -0.39 is 33.6 Å². The normalized spacial score (nSPS) is 12.2. The molecule has 0 spiro atoms. The van der Waals surface area contributed by atoms with Crippen molar-refractivity contribution in [1.29, 1.82) is 0 Å². The Morgan fingerprint density at radius 1 is 1.19 bits per heavy atom. The summed E-state index contributed by atoms with van der Waals surface area (Å²) >= 11 is 0. The summed E-state index contributed by atoms with van der Waals surface area (Å²) in [5.41, 5.74) is 0.165. The minimum absolute atomic E-state index is 0.0353. The SMILES string of the molecule is C#Cc1cc(CNC(=O)C=C(CCC)c2ccc(C(F)(F)F)nc2CCC)cc(F)c1NS(C)(=O)=O. The van der Waals surface area contributed by atoms with Gasteiger partial charge in [-0.05, 0) is 47.7 Å². The highest BCUT2D eigenvalue weighted by Crippen LogP contribution is 2.31. The molecule has 1 heterocycles. The zero-order chi connectivity index (χ0) is 27.1. The number of carbonyl (C=O) groups excluding carboxylic acids is 1. The lowest BCUT2D eigenvalue weighted by Crippen LogP contribution is -2.21. The summed E-state index contributed by atoms with van der Waals surface area (Å²) in [5.74, 6) is 0.772. The second-order valence-corrected chi connectivity index (χ2v) is 9.84. The lowest BCUT2D eigenvalue weighted by Gasteiger charge is -2.15. The topological polar surface area (TPSA) is 88.2 Å². The third-order valence-electron chi connectivity index (χ3n) is 4.98. The molecule has 0 saturated heterocycles. The maximum Gasteiger partial charge on any atom is 0.433 e. The maximum atomic E-state index is 14.5. The molecule has 1 amide bonds. The minimum atomic E-state index is -4.58. The Kier molecular flexibility index (Phi) is 9.64. The molecule has 0 aliphatic heterocycles. The van der Waals surface area contributed by atoms with E-state index >= 15 is 0 Å². The van der Waals surface area contributed by atoms with Crippen LogP contribution in [-0.4, -0.2) is 25.6 Å². The fourth-order valence-electron chi connectivity index (χ4n) is 3.50. The fourth-order valence-corrected chi connectivity index (χ4v) is 4.08. The first-order chi connectivity index (χ1) is 16.8. The number of carbonyl (C=O) groups is 1. The van der Waals surface area contributed by atoms with E-state index in [0.29, 0.717) is 42.4 Å². The van der Waals surface area contributed by atoms with Crippen LogP contribution in [-0.2, 0) is 34.0 Å². The van der Waals surface area contributed by atoms with Crippen LogP contribution in [0.1, 0.15) is 61.2 Å². The van der Waals surface area contributed by atoms with Crippen LogP contribution in [0, 0.1) is 18.2 Å². The minimum Gasteiger partial charge on any atom is -0.348 e. The molecular formula is C25H27F4N3O3S. The second kappa shape index (κ2) is 12.0. The number of pyridine rings is 1. The van der Waals surface area contributed by atoms with Gasteiger partial charge in [-0.2, -0.15) is 13.2 Å². The van der Waals surface area contributed by atoms with Crippen LogP contribution in [0.4, 0.5) is 23.2 Å². The quantitative estimate of drug-likeness (QED) is 0.258. The van der Waals surface area contributed by atoms with Crippen molar-refractivity contribution in [3.8, 4) is 12.3 Å². The number of nitrogens with zero attached hydrogens (tertiary/aromatic N) is 1. The van der Waals surface area contributed by atoms with Gasteiger partial charge in [-0.15, -0.1) is 6.42 Å². The number of anilines is 1. The van der Waals surface area contributed by atoms with Gasteiger partial charge in [0.1, 0.15) is 11.5 Å². The van der Waals surface area contributed by atoms with Gasteiger partial charge in [0.25, 0.3) is 0 Å². The van der Waals surface area contributed by atoms with Gasteiger partial charge in [0.05, 0.1) is 17.5 Å². The van der Waals surface area contributed by atoms with Crippen LogP contribution in [0.25, 0.3) is 5.57 Å². The Balaban J connectivity index is 2.31. The number of hydrogen-bond acceptors (Lipinski definition) is 4. The van der Waals surface area contributed by atoms with E-state index in [4.69, 9.17) is 6.42 Å². The summed E-state index contributed by atoms with van der Waals surface area (Å²) in [6.45, 7) is 3.58. The van der Waals surface area contributed by atoms with E-state index in [0.717, 1.165) is 18.4 Å². The Morgan fingerprint density at radius 3 is 2.44 bits per heavy atom. The van der Waals surface area contributed by atoms with Crippen LogP contribution < -0.4 is 10.0 Å². The molecular weight excluding hydrogens is 498 g/mol. The van der Waals surface area contributed by atoms with E-state index in [1.807, 2.05) is 18.6 Å². The van der Waals surface area contributed by atoms with Crippen molar-refractivity contribution in [2.45, 2.75) is 52.3 Å². The predicted octanol–water partition coefficient (Wildman–Crippen LogP) is 5.04. The number of aromatic nitrogens is 1. The first-order valence-corrected chi connectivity index (χ1v) is 13.0. The van der Waals surface area contributed by atoms with E-state index in [9.17, 15) is 30.8 Å². The van der Waals surface area contributed by atoms with Crippen LogP contribution in [0.5, 0.6) is 0 Å². The van der Waals surface area contributed by atoms with Crippen molar-refractivity contribution in [2.75, 3.05) is 11.0 Å². The zero-order valence-electron chi connectivity index (χ0n) is 20.1. The Labute approximate surface area is 208 Å². The molecule has 194 valence electrons. The molecule has 0 bridgehead atoms. The van der Waals surface area contributed by atoms with Gasteiger partial charge in [0.15, 0.2) is 0 Å². The van der Waals surface area contributed by atoms with Gasteiger partial charge >= 0.3 is 6.18 Å². The van der Waals surface area contributed by atoms with E-state index in [1.165, 1.54) is 18.2 Å². The number of aryl methyl sites for hydroxylation is 1. The first kappa shape index (κ1) is 28.8. The summed E-state index contributed by atoms with van der Waals surface area (Å²) < 4.78 is 78.8. The molecule has 0 fully saturated rings. The van der Waals surface area contributed by atoms with E-state index in [2.05, 4.69) is 16.2 Å². The molecule has 36 heavy (non-hydrogen) atoms. The van der Waals surface area contributed by atoms with Crippen molar-refractivity contribution in [3.63, 3.8) is 0 Å². The lowest BCUT2D eigenvalue weighted by molar-refractivity contribution is -0.141. The highest BCUT2D eigenvalue weighted by Gasteiger charge is 2.33. The molecule has 0 aliphatic rings. The Hall–Kier alpha value is -3.39. The van der Waals surface area contributed by atoms with E-state index in [-0.39, 0.29) is 23.5 Å². The largest absolute Gasteiger partial charge is 0.433 e. The molecule has 2 rings (SSSR count). The van der Waals surface area contributed by atoms with Crippen LogP contribution in [0.3, 0.4) is 0 Å². The predicted molar refractivity (Wildman–Crippen MR) is 131 cm³/mol. The average Bonchev–Trinajstić information content (AvgIpc) is 2.77. The third kappa shape index (κ3) is 8.09. The highest BCUT2D eigenvalue weighted by atomic mass is 32.2. The van der Waals surface area contributed by atoms with Gasteiger partial charge in [0.2, 0.25) is 15.9 Å². The van der Waals surface area contributed by atoms with E-state index in [1.54, 1.807) is 0 Å². The molecule has 0 saturated carbocycles. The van der Waals surface area contributed by atoms with Gasteiger partial charge in [0, 0.05) is 18.3 Å². The molecule has 0 atom stereocenters. The monoisotopic (exact) mass is 525 g/mol. The summed E-state index contributed by atoms with van der Waals surface area (Å²) in [5, 5.41) is 2.60. The smallest absolute Gasteiger partial charge is 0.348 e. The van der Waals surface area contributed by atoms with Crippen molar-refractivity contribution >= 4 is 27.2 Å². The molecule has 0 aliphatic carbocycles. The molecule has 11 heteroatoms. The van der Waals surface area contributed by atoms with Gasteiger partial charge in [-0.25, -0.2) is 17.8 Å². The molecule has 0 radical (unpaired) electrons. The van der Waals surface area contributed by atoms with Crippen molar-refractivity contribution < 1.29 is 30.8 Å². The summed E-state index contributed by atoms with van der Waals surface area (Å²) in [6.07, 6.45) is 4.90. The zero-order valence-corrected chi connectivity index (χ0v) is 20.9. The lowest BCUT2D eigenvalue weighted by atomic mass is 9.96. The number of allylic oxidation sites excluding steroid dienone is 1. The van der Waals surface area contributed by atoms with Crippen molar-refractivity contribution in [1.82, 2.24) is 10.3 Å². The summed E-state index contributed by atoms with van der Waals surface area (Å²) in [4.78, 5) is 16.4. The number of halogens is 4. The van der Waals surface area contributed by atoms with Gasteiger partial charge in [-0.3, -0.25) is 9.52 Å². The molecule has 6 nitrogen and oxygen atoms in total. The summed E-state index contributed by atoms with van der Waals surface area (Å²) in [6, 6.07) is 4.64. The number of hydrogen-bond donors (Lipinski definition) is 2. The summed E-state index contributed by atoms with van der Waals surface area (Å²) in [7, 11) is -3.77. The Bertz CT molecular complexity index is 1300.